The van der Waals surface area contributed by atoms with Crippen LogP contribution in [0.15, 0.2) is 18.8 Å². The summed E-state index contributed by atoms with van der Waals surface area (Å²) in [6.45, 7) is 4.90. The molecule has 0 bridgehead atoms. The monoisotopic (exact) mass is 163 g/mol. The third-order valence-corrected chi connectivity index (χ3v) is 1.49. The van der Waals surface area contributed by atoms with Gasteiger partial charge in [0, 0.05) is 0 Å². The number of carbonyl (C=O) groups is 1. The molecule has 0 amide bonds. The van der Waals surface area contributed by atoms with E-state index in [1.165, 1.54) is 25.3 Å². The lowest BCUT2D eigenvalue weighted by molar-refractivity contribution is 0.101. The van der Waals surface area contributed by atoms with Crippen LogP contribution >= 0.6 is 0 Å². The Morgan fingerprint density at radius 3 is 2.92 bits per heavy atom. The van der Waals surface area contributed by atoms with Gasteiger partial charge in [-0.1, -0.05) is 6.58 Å². The highest BCUT2D eigenvalue weighted by Gasteiger charge is 2.06. The van der Waals surface area contributed by atoms with Gasteiger partial charge in [0.2, 0.25) is 0 Å². The fourth-order valence-electron chi connectivity index (χ4n) is 0.858. The van der Waals surface area contributed by atoms with E-state index in [1.807, 2.05) is 0 Å². The fraction of sp³-hybridized carbons (Fsp3) is 0.111. The summed E-state index contributed by atoms with van der Waals surface area (Å²) in [5, 5.41) is 9.18. The number of hydrogen-bond donors (Lipinski definition) is 1. The molecule has 0 saturated carbocycles. The van der Waals surface area contributed by atoms with Gasteiger partial charge in [-0.25, -0.2) is 0 Å². The van der Waals surface area contributed by atoms with Crippen molar-refractivity contribution in [2.24, 2.45) is 0 Å². The molecule has 12 heavy (non-hydrogen) atoms. The second-order valence-electron chi connectivity index (χ2n) is 2.39. The summed E-state index contributed by atoms with van der Waals surface area (Å²) in [6.07, 6.45) is 2.76. The number of pyridine rings is 1. The van der Waals surface area contributed by atoms with Crippen molar-refractivity contribution in [2.45, 2.75) is 6.92 Å². The van der Waals surface area contributed by atoms with Gasteiger partial charge in [-0.3, -0.25) is 9.78 Å². The van der Waals surface area contributed by atoms with Gasteiger partial charge in [0.25, 0.3) is 0 Å². The smallest absolute Gasteiger partial charge is 0.163 e. The van der Waals surface area contributed by atoms with Gasteiger partial charge in [-0.15, -0.1) is 0 Å². The predicted octanol–water partition coefficient (Wildman–Crippen LogP) is 1.63. The molecule has 0 saturated heterocycles. The van der Waals surface area contributed by atoms with Crippen LogP contribution < -0.4 is 0 Å². The minimum atomic E-state index is -0.182. The lowest BCUT2D eigenvalue weighted by Gasteiger charge is -1.99. The van der Waals surface area contributed by atoms with Crippen LogP contribution in [0.3, 0.4) is 0 Å². The summed E-state index contributed by atoms with van der Waals surface area (Å²) < 4.78 is 0. The molecule has 1 heterocycles. The number of Topliss-reactive ketones (excluding diaryl/α,β-unsaturated/α-hetero) is 1. The zero-order valence-electron chi connectivity index (χ0n) is 6.74. The van der Waals surface area contributed by atoms with Crippen LogP contribution in [0, 0.1) is 0 Å². The molecule has 1 aromatic heterocycles. The quantitative estimate of drug-likeness (QED) is 0.674. The highest BCUT2D eigenvalue weighted by atomic mass is 16.3. The first-order valence-electron chi connectivity index (χ1n) is 3.47. The molecule has 0 atom stereocenters. The van der Waals surface area contributed by atoms with Crippen LogP contribution in [-0.2, 0) is 0 Å². The fourth-order valence-corrected chi connectivity index (χ4v) is 0.858. The van der Waals surface area contributed by atoms with E-state index in [-0.39, 0.29) is 17.1 Å². The molecule has 0 aromatic carbocycles. The second kappa shape index (κ2) is 3.17. The topological polar surface area (TPSA) is 50.2 Å². The number of aromatic hydroxyl groups is 1. The average Bonchev–Trinajstić information content (AvgIpc) is 2.05. The molecule has 1 rings (SSSR count). The van der Waals surface area contributed by atoms with Crippen LogP contribution in [0.25, 0.3) is 6.08 Å². The Morgan fingerprint density at radius 1 is 1.75 bits per heavy atom. The van der Waals surface area contributed by atoms with Gasteiger partial charge >= 0.3 is 0 Å². The number of carbonyl (C=O) groups excluding carboxylic acids is 1. The maximum atomic E-state index is 10.9. The molecule has 0 unspecified atom stereocenters. The Kier molecular flexibility index (Phi) is 2.24. The summed E-state index contributed by atoms with van der Waals surface area (Å²) in [5.41, 5.74) is 0.859. The molecular weight excluding hydrogens is 154 g/mol. The lowest BCUT2D eigenvalue weighted by Crippen LogP contribution is -1.94. The van der Waals surface area contributed by atoms with E-state index in [0.29, 0.717) is 5.69 Å². The van der Waals surface area contributed by atoms with Gasteiger partial charge in [0.15, 0.2) is 5.78 Å². The lowest BCUT2D eigenvalue weighted by atomic mass is 10.1. The zero-order chi connectivity index (χ0) is 9.14. The normalized spacial score (nSPS) is 9.42. The van der Waals surface area contributed by atoms with E-state index in [0.717, 1.165) is 0 Å². The third kappa shape index (κ3) is 1.50. The molecule has 0 aliphatic carbocycles. The standard InChI is InChI=1S/C9H9NO2/c1-3-7-4-8(6(2)11)9(12)5-10-7/h3-5,12H,1H2,2H3. The Bertz CT molecular complexity index is 331. The highest BCUT2D eigenvalue weighted by Crippen LogP contribution is 2.16. The molecule has 3 nitrogen and oxygen atoms in total. The van der Waals surface area contributed by atoms with Gasteiger partial charge in [0.05, 0.1) is 17.5 Å². The van der Waals surface area contributed by atoms with Crippen LogP contribution in [0.5, 0.6) is 5.75 Å². The molecule has 1 N–H and O–H groups in total. The Labute approximate surface area is 70.4 Å². The first-order chi connectivity index (χ1) is 5.65. The summed E-state index contributed by atoms with van der Waals surface area (Å²) in [4.78, 5) is 14.7. The largest absolute Gasteiger partial charge is 0.506 e. The van der Waals surface area contributed by atoms with Crippen molar-refractivity contribution in [2.75, 3.05) is 0 Å². The van der Waals surface area contributed by atoms with Gasteiger partial charge < -0.3 is 5.11 Å². The number of aromatic nitrogens is 1. The number of rotatable bonds is 2. The molecular formula is C9H9NO2. The van der Waals surface area contributed by atoms with Crippen LogP contribution in [-0.4, -0.2) is 15.9 Å². The van der Waals surface area contributed by atoms with Crippen LogP contribution in [0.1, 0.15) is 23.0 Å². The summed E-state index contributed by atoms with van der Waals surface area (Å²) in [6, 6.07) is 1.50. The van der Waals surface area contributed by atoms with E-state index in [1.54, 1.807) is 0 Å². The second-order valence-corrected chi connectivity index (χ2v) is 2.39. The van der Waals surface area contributed by atoms with Crippen molar-refractivity contribution in [3.05, 3.63) is 30.1 Å². The van der Waals surface area contributed by atoms with Crippen molar-refractivity contribution in [3.63, 3.8) is 0 Å². The van der Waals surface area contributed by atoms with Gasteiger partial charge in [0.1, 0.15) is 5.75 Å². The number of nitrogens with zero attached hydrogens (tertiary/aromatic N) is 1. The van der Waals surface area contributed by atoms with E-state index in [9.17, 15) is 9.90 Å². The Hall–Kier alpha value is -1.64. The van der Waals surface area contributed by atoms with Crippen molar-refractivity contribution in [1.82, 2.24) is 4.98 Å². The molecule has 0 aliphatic heterocycles. The molecule has 0 radical (unpaired) electrons. The molecule has 62 valence electrons. The average molecular weight is 163 g/mol. The molecule has 3 heteroatoms. The van der Waals surface area contributed by atoms with Crippen molar-refractivity contribution < 1.29 is 9.90 Å². The highest BCUT2D eigenvalue weighted by molar-refractivity contribution is 5.96. The molecule has 0 fully saturated rings. The minimum Gasteiger partial charge on any atom is -0.506 e. The molecule has 0 spiro atoms. The summed E-state index contributed by atoms with van der Waals surface area (Å²) in [7, 11) is 0. The molecule has 0 aliphatic rings. The van der Waals surface area contributed by atoms with E-state index in [2.05, 4.69) is 11.6 Å². The van der Waals surface area contributed by atoms with E-state index < -0.39 is 0 Å². The van der Waals surface area contributed by atoms with E-state index in [4.69, 9.17) is 0 Å². The van der Waals surface area contributed by atoms with Crippen LogP contribution in [0.2, 0.25) is 0 Å². The third-order valence-electron chi connectivity index (χ3n) is 1.49. The van der Waals surface area contributed by atoms with Gasteiger partial charge in [-0.2, -0.15) is 0 Å². The summed E-state index contributed by atoms with van der Waals surface area (Å²) >= 11 is 0. The first kappa shape index (κ1) is 8.46. The van der Waals surface area contributed by atoms with Crippen molar-refractivity contribution in [3.8, 4) is 5.75 Å². The maximum Gasteiger partial charge on any atom is 0.163 e. The maximum absolute atomic E-state index is 10.9. The van der Waals surface area contributed by atoms with Gasteiger partial charge in [-0.05, 0) is 19.1 Å². The first-order valence-corrected chi connectivity index (χ1v) is 3.47. The molecule has 1 aromatic rings. The number of ketones is 1. The zero-order valence-corrected chi connectivity index (χ0v) is 6.74. The Morgan fingerprint density at radius 2 is 2.42 bits per heavy atom. The SMILES string of the molecule is C=Cc1cc(C(C)=O)c(O)cn1. The summed E-state index contributed by atoms with van der Waals surface area (Å²) in [5.74, 6) is -0.272. The minimum absolute atomic E-state index is 0.0897. The predicted molar refractivity (Wildman–Crippen MR) is 46.0 cm³/mol. The van der Waals surface area contributed by atoms with Crippen LogP contribution in [0.4, 0.5) is 0 Å². The number of hydrogen-bond acceptors (Lipinski definition) is 3. The Balaban J connectivity index is 3.25. The van der Waals surface area contributed by atoms with Crippen molar-refractivity contribution >= 4 is 11.9 Å². The van der Waals surface area contributed by atoms with Crippen molar-refractivity contribution in [1.29, 1.82) is 0 Å². The van der Waals surface area contributed by atoms with E-state index >= 15 is 0 Å².